The van der Waals surface area contributed by atoms with Crippen LogP contribution in [-0.2, 0) is 13.0 Å². The van der Waals surface area contributed by atoms with Crippen molar-refractivity contribution in [3.63, 3.8) is 0 Å². The van der Waals surface area contributed by atoms with E-state index < -0.39 is 0 Å². The minimum Gasteiger partial charge on any atom is -0.481 e. The van der Waals surface area contributed by atoms with Gasteiger partial charge in [0.2, 0.25) is 5.88 Å². The molecule has 0 amide bonds. The molecule has 0 saturated heterocycles. The molecule has 0 N–H and O–H groups in total. The molecule has 0 bridgehead atoms. The highest BCUT2D eigenvalue weighted by Gasteiger charge is 2.16. The highest BCUT2D eigenvalue weighted by Crippen LogP contribution is 2.25. The van der Waals surface area contributed by atoms with Crippen LogP contribution in [0.2, 0.25) is 0 Å². The number of alkyl halides is 1. The molecule has 6 heteroatoms. The minimum absolute atomic E-state index is 0.159. The Bertz CT molecular complexity index is 737. The predicted molar refractivity (Wildman–Crippen MR) is 86.4 cm³/mol. The molecule has 0 aromatic carbocycles. The number of fused-ring (bicyclic) bond motifs is 1. The smallest absolute Gasteiger partial charge is 0.215 e. The Hall–Kier alpha value is -1.59. The Balaban J connectivity index is 2.01. The number of pyridine rings is 1. The van der Waals surface area contributed by atoms with Crippen LogP contribution in [0, 0.1) is 0 Å². The summed E-state index contributed by atoms with van der Waals surface area (Å²) in [6, 6.07) is 7.95. The molecule has 110 valence electrons. The second kappa shape index (κ2) is 6.03. The first-order chi connectivity index (χ1) is 10.2. The number of halogens is 1. The Morgan fingerprint density at radius 2 is 2.19 bits per heavy atom. The van der Waals surface area contributed by atoms with Crippen molar-refractivity contribution in [1.82, 2.24) is 14.5 Å². The standard InChI is InChI=1S/C15H16ClN3OS/c1-10(16)14-17-12-5-6-13(20-2)18-15(12)19(14)8-7-11-4-3-9-21-11/h3-6,9-10H,7-8H2,1-2H3. The van der Waals surface area contributed by atoms with Crippen molar-refractivity contribution >= 4 is 34.1 Å². The lowest BCUT2D eigenvalue weighted by Crippen LogP contribution is -2.07. The molecule has 3 aromatic rings. The number of imidazole rings is 1. The van der Waals surface area contributed by atoms with Crippen molar-refractivity contribution < 1.29 is 4.74 Å². The van der Waals surface area contributed by atoms with Gasteiger partial charge in [-0.2, -0.15) is 4.98 Å². The van der Waals surface area contributed by atoms with E-state index in [0.717, 1.165) is 30.0 Å². The van der Waals surface area contributed by atoms with E-state index in [-0.39, 0.29) is 5.38 Å². The van der Waals surface area contributed by atoms with Gasteiger partial charge in [-0.15, -0.1) is 22.9 Å². The second-order valence-electron chi connectivity index (χ2n) is 4.76. The van der Waals surface area contributed by atoms with Gasteiger partial charge in [0.15, 0.2) is 5.65 Å². The van der Waals surface area contributed by atoms with Gasteiger partial charge in [-0.05, 0) is 30.9 Å². The molecule has 0 saturated carbocycles. The van der Waals surface area contributed by atoms with E-state index in [0.29, 0.717) is 5.88 Å². The largest absolute Gasteiger partial charge is 0.481 e. The van der Waals surface area contributed by atoms with Crippen molar-refractivity contribution in [1.29, 1.82) is 0 Å². The monoisotopic (exact) mass is 321 g/mol. The van der Waals surface area contributed by atoms with Crippen LogP contribution < -0.4 is 4.74 Å². The Morgan fingerprint density at radius 3 is 2.86 bits per heavy atom. The zero-order valence-corrected chi connectivity index (χ0v) is 13.5. The first kappa shape index (κ1) is 14.4. The quantitative estimate of drug-likeness (QED) is 0.666. The zero-order chi connectivity index (χ0) is 14.8. The average Bonchev–Trinajstić information content (AvgIpc) is 3.11. The molecular formula is C15H16ClN3OS. The van der Waals surface area contributed by atoms with Gasteiger partial charge in [0.25, 0.3) is 0 Å². The van der Waals surface area contributed by atoms with E-state index in [2.05, 4.69) is 32.0 Å². The van der Waals surface area contributed by atoms with Gasteiger partial charge in [0.1, 0.15) is 11.3 Å². The number of nitrogens with zero attached hydrogens (tertiary/aromatic N) is 3. The fraction of sp³-hybridized carbons (Fsp3) is 0.333. The highest BCUT2D eigenvalue weighted by molar-refractivity contribution is 7.09. The molecule has 0 spiro atoms. The Labute approximate surface area is 132 Å². The van der Waals surface area contributed by atoms with E-state index in [1.54, 1.807) is 18.4 Å². The van der Waals surface area contributed by atoms with Gasteiger partial charge in [-0.3, -0.25) is 0 Å². The van der Waals surface area contributed by atoms with Crippen LogP contribution in [0.1, 0.15) is 23.0 Å². The maximum absolute atomic E-state index is 6.27. The average molecular weight is 322 g/mol. The van der Waals surface area contributed by atoms with Gasteiger partial charge in [0, 0.05) is 17.5 Å². The zero-order valence-electron chi connectivity index (χ0n) is 11.9. The lowest BCUT2D eigenvalue weighted by molar-refractivity contribution is 0.399. The molecule has 0 radical (unpaired) electrons. The Morgan fingerprint density at radius 1 is 1.33 bits per heavy atom. The van der Waals surface area contributed by atoms with Crippen LogP contribution in [0.3, 0.4) is 0 Å². The maximum Gasteiger partial charge on any atom is 0.215 e. The van der Waals surface area contributed by atoms with Crippen LogP contribution in [0.15, 0.2) is 29.6 Å². The van der Waals surface area contributed by atoms with Crippen LogP contribution in [0.25, 0.3) is 11.2 Å². The third-order valence-corrected chi connectivity index (χ3v) is 4.45. The van der Waals surface area contributed by atoms with Crippen LogP contribution >= 0.6 is 22.9 Å². The second-order valence-corrected chi connectivity index (χ2v) is 6.45. The fourth-order valence-electron chi connectivity index (χ4n) is 2.32. The SMILES string of the molecule is COc1ccc2nc(C(C)Cl)n(CCc3cccs3)c2n1. The van der Waals surface area contributed by atoms with Gasteiger partial charge in [-0.25, -0.2) is 4.98 Å². The van der Waals surface area contributed by atoms with E-state index in [1.807, 2.05) is 19.1 Å². The van der Waals surface area contributed by atoms with E-state index in [9.17, 15) is 0 Å². The number of aryl methyl sites for hydroxylation is 2. The summed E-state index contributed by atoms with van der Waals surface area (Å²) < 4.78 is 7.31. The molecular weight excluding hydrogens is 306 g/mol. The third-order valence-electron chi connectivity index (χ3n) is 3.32. The van der Waals surface area contributed by atoms with Crippen molar-refractivity contribution in [3.8, 4) is 5.88 Å². The summed E-state index contributed by atoms with van der Waals surface area (Å²) >= 11 is 8.03. The molecule has 4 nitrogen and oxygen atoms in total. The third kappa shape index (κ3) is 2.89. The van der Waals surface area contributed by atoms with Crippen LogP contribution in [0.5, 0.6) is 5.88 Å². The number of aromatic nitrogens is 3. The Kier molecular flexibility index (Phi) is 4.12. The number of ether oxygens (including phenoxy) is 1. The summed E-state index contributed by atoms with van der Waals surface area (Å²) in [5, 5.41) is 1.93. The molecule has 3 aromatic heterocycles. The van der Waals surface area contributed by atoms with Crippen molar-refractivity contribution in [2.24, 2.45) is 0 Å². The molecule has 3 heterocycles. The molecule has 0 aliphatic heterocycles. The number of methoxy groups -OCH3 is 1. The van der Waals surface area contributed by atoms with Crippen molar-refractivity contribution in [2.45, 2.75) is 25.3 Å². The number of hydrogen-bond acceptors (Lipinski definition) is 4. The normalized spacial score (nSPS) is 12.7. The first-order valence-corrected chi connectivity index (χ1v) is 8.08. The summed E-state index contributed by atoms with van der Waals surface area (Å²) in [6.45, 7) is 2.74. The number of rotatable bonds is 5. The van der Waals surface area contributed by atoms with Gasteiger partial charge in [-0.1, -0.05) is 6.07 Å². The molecule has 1 atom stereocenters. The van der Waals surface area contributed by atoms with Crippen molar-refractivity contribution in [2.75, 3.05) is 7.11 Å². The molecule has 1 unspecified atom stereocenters. The summed E-state index contributed by atoms with van der Waals surface area (Å²) in [4.78, 5) is 10.5. The number of hydrogen-bond donors (Lipinski definition) is 0. The van der Waals surface area contributed by atoms with E-state index in [4.69, 9.17) is 16.3 Å². The number of thiophene rings is 1. The summed E-state index contributed by atoms with van der Waals surface area (Å²) in [5.41, 5.74) is 1.68. The minimum atomic E-state index is -0.159. The lowest BCUT2D eigenvalue weighted by atomic mass is 10.3. The fourth-order valence-corrected chi connectivity index (χ4v) is 3.18. The van der Waals surface area contributed by atoms with Crippen LogP contribution in [-0.4, -0.2) is 21.6 Å². The topological polar surface area (TPSA) is 39.9 Å². The van der Waals surface area contributed by atoms with E-state index in [1.165, 1.54) is 4.88 Å². The molecule has 0 aliphatic rings. The van der Waals surface area contributed by atoms with Gasteiger partial charge in [0.05, 0.1) is 12.5 Å². The molecule has 21 heavy (non-hydrogen) atoms. The maximum atomic E-state index is 6.27. The van der Waals surface area contributed by atoms with Gasteiger partial charge >= 0.3 is 0 Å². The predicted octanol–water partition coefficient (Wildman–Crippen LogP) is 4.04. The molecule has 0 fully saturated rings. The highest BCUT2D eigenvalue weighted by atomic mass is 35.5. The van der Waals surface area contributed by atoms with Gasteiger partial charge < -0.3 is 9.30 Å². The molecule has 0 aliphatic carbocycles. The first-order valence-electron chi connectivity index (χ1n) is 6.76. The lowest BCUT2D eigenvalue weighted by Gasteiger charge is -2.09. The van der Waals surface area contributed by atoms with E-state index >= 15 is 0 Å². The van der Waals surface area contributed by atoms with Crippen LogP contribution in [0.4, 0.5) is 0 Å². The summed E-state index contributed by atoms with van der Waals surface area (Å²) in [6.07, 6.45) is 0.943. The summed E-state index contributed by atoms with van der Waals surface area (Å²) in [5.74, 6) is 1.44. The summed E-state index contributed by atoms with van der Waals surface area (Å²) in [7, 11) is 1.62. The molecule has 3 rings (SSSR count). The van der Waals surface area contributed by atoms with Crippen molar-refractivity contribution in [3.05, 3.63) is 40.3 Å².